The van der Waals surface area contributed by atoms with Crippen molar-refractivity contribution in [1.82, 2.24) is 15.0 Å². The van der Waals surface area contributed by atoms with E-state index in [4.69, 9.17) is 14.7 Å². The number of methoxy groups -OCH3 is 1. The van der Waals surface area contributed by atoms with Crippen LogP contribution < -0.4 is 14.8 Å². The van der Waals surface area contributed by atoms with E-state index < -0.39 is 0 Å². The average molecular weight is 319 g/mol. The van der Waals surface area contributed by atoms with E-state index in [0.29, 0.717) is 17.3 Å². The summed E-state index contributed by atoms with van der Waals surface area (Å²) in [4.78, 5) is 12.2. The number of nitriles is 1. The standard InChI is InChI=1S/C17H13N5O2/c1-23-14-6-8-15(9-7-14)24-17-20-11-19-16(22-17)21-13-4-2-12(10-18)3-5-13/h2-9,11H,1H3,(H,19,20,21,22). The lowest BCUT2D eigenvalue weighted by atomic mass is 10.2. The van der Waals surface area contributed by atoms with Crippen molar-refractivity contribution in [2.75, 3.05) is 12.4 Å². The quantitative estimate of drug-likeness (QED) is 0.771. The SMILES string of the molecule is COc1ccc(Oc2ncnc(Nc3ccc(C#N)cc3)n2)cc1. The molecule has 1 heterocycles. The monoisotopic (exact) mass is 319 g/mol. The van der Waals surface area contributed by atoms with E-state index in [1.165, 1.54) is 6.33 Å². The maximum Gasteiger partial charge on any atom is 0.326 e. The van der Waals surface area contributed by atoms with Gasteiger partial charge in [-0.15, -0.1) is 0 Å². The fraction of sp³-hybridized carbons (Fsp3) is 0.0588. The Balaban J connectivity index is 1.72. The first kappa shape index (κ1) is 15.2. The number of rotatable bonds is 5. The van der Waals surface area contributed by atoms with Crippen LogP contribution in [0.1, 0.15) is 5.56 Å². The Labute approximate surface area is 138 Å². The zero-order valence-electron chi connectivity index (χ0n) is 12.8. The Hall–Kier alpha value is -3.66. The Kier molecular flexibility index (Phi) is 4.49. The molecule has 3 aromatic rings. The first-order chi connectivity index (χ1) is 11.8. The van der Waals surface area contributed by atoms with Crippen molar-refractivity contribution in [2.45, 2.75) is 0 Å². The summed E-state index contributed by atoms with van der Waals surface area (Å²) in [5.41, 5.74) is 1.34. The molecule has 24 heavy (non-hydrogen) atoms. The van der Waals surface area contributed by atoms with Gasteiger partial charge in [0.15, 0.2) is 0 Å². The Morgan fingerprint density at radius 1 is 0.958 bits per heavy atom. The fourth-order valence-electron chi connectivity index (χ4n) is 1.90. The van der Waals surface area contributed by atoms with E-state index in [1.807, 2.05) is 0 Å². The molecule has 0 saturated heterocycles. The first-order valence-corrected chi connectivity index (χ1v) is 7.05. The van der Waals surface area contributed by atoms with E-state index in [0.717, 1.165) is 11.4 Å². The van der Waals surface area contributed by atoms with Crippen LogP contribution >= 0.6 is 0 Å². The third-order valence-corrected chi connectivity index (χ3v) is 3.09. The summed E-state index contributed by atoms with van der Waals surface area (Å²) in [6.07, 6.45) is 1.36. The van der Waals surface area contributed by atoms with Crippen molar-refractivity contribution in [2.24, 2.45) is 0 Å². The predicted octanol–water partition coefficient (Wildman–Crippen LogP) is 3.29. The van der Waals surface area contributed by atoms with Gasteiger partial charge in [-0.1, -0.05) is 0 Å². The van der Waals surface area contributed by atoms with Gasteiger partial charge in [-0.3, -0.25) is 0 Å². The van der Waals surface area contributed by atoms with Gasteiger partial charge < -0.3 is 14.8 Å². The number of hydrogen-bond donors (Lipinski definition) is 1. The van der Waals surface area contributed by atoms with Crippen LogP contribution in [0.25, 0.3) is 0 Å². The molecule has 0 aliphatic heterocycles. The second-order valence-corrected chi connectivity index (χ2v) is 4.68. The fourth-order valence-corrected chi connectivity index (χ4v) is 1.90. The summed E-state index contributed by atoms with van der Waals surface area (Å²) in [5, 5.41) is 11.8. The minimum absolute atomic E-state index is 0.173. The summed E-state index contributed by atoms with van der Waals surface area (Å²) < 4.78 is 10.7. The zero-order chi connectivity index (χ0) is 16.8. The Morgan fingerprint density at radius 3 is 2.33 bits per heavy atom. The van der Waals surface area contributed by atoms with Crippen LogP contribution in [-0.2, 0) is 0 Å². The third-order valence-electron chi connectivity index (χ3n) is 3.09. The van der Waals surface area contributed by atoms with Gasteiger partial charge in [0, 0.05) is 5.69 Å². The van der Waals surface area contributed by atoms with Crippen LogP contribution in [0, 0.1) is 11.3 Å². The molecule has 0 atom stereocenters. The minimum Gasteiger partial charge on any atom is -0.497 e. The molecule has 2 aromatic carbocycles. The molecule has 0 aliphatic carbocycles. The summed E-state index contributed by atoms with van der Waals surface area (Å²) >= 11 is 0. The molecule has 7 heteroatoms. The molecule has 1 aromatic heterocycles. The predicted molar refractivity (Wildman–Crippen MR) is 87.3 cm³/mol. The molecule has 0 spiro atoms. The maximum atomic E-state index is 8.80. The highest BCUT2D eigenvalue weighted by atomic mass is 16.5. The number of nitrogens with one attached hydrogen (secondary N) is 1. The summed E-state index contributed by atoms with van der Waals surface area (Å²) in [7, 11) is 1.60. The van der Waals surface area contributed by atoms with E-state index in [9.17, 15) is 0 Å². The summed E-state index contributed by atoms with van der Waals surface area (Å²) in [6, 6.07) is 16.3. The lowest BCUT2D eigenvalue weighted by Gasteiger charge is -2.07. The van der Waals surface area contributed by atoms with E-state index in [2.05, 4.69) is 26.3 Å². The van der Waals surface area contributed by atoms with Crippen LogP contribution in [-0.4, -0.2) is 22.1 Å². The number of aromatic nitrogens is 3. The van der Waals surface area contributed by atoms with Crippen LogP contribution in [0.15, 0.2) is 54.9 Å². The highest BCUT2D eigenvalue weighted by Gasteiger charge is 2.04. The summed E-state index contributed by atoms with van der Waals surface area (Å²) in [5.74, 6) is 1.67. The van der Waals surface area contributed by atoms with Gasteiger partial charge in [-0.05, 0) is 48.5 Å². The second kappa shape index (κ2) is 7.07. The van der Waals surface area contributed by atoms with Crippen LogP contribution in [0.4, 0.5) is 11.6 Å². The zero-order valence-corrected chi connectivity index (χ0v) is 12.8. The van der Waals surface area contributed by atoms with Gasteiger partial charge in [0.2, 0.25) is 5.95 Å². The van der Waals surface area contributed by atoms with Crippen LogP contribution in [0.5, 0.6) is 17.5 Å². The lowest BCUT2D eigenvalue weighted by molar-refractivity contribution is 0.410. The van der Waals surface area contributed by atoms with Crippen molar-refractivity contribution < 1.29 is 9.47 Å². The Morgan fingerprint density at radius 2 is 1.67 bits per heavy atom. The van der Waals surface area contributed by atoms with E-state index in [1.54, 1.807) is 55.6 Å². The molecular weight excluding hydrogens is 306 g/mol. The molecule has 1 N–H and O–H groups in total. The average Bonchev–Trinajstić information content (AvgIpc) is 2.63. The van der Waals surface area contributed by atoms with Gasteiger partial charge in [-0.2, -0.15) is 15.2 Å². The number of hydrogen-bond acceptors (Lipinski definition) is 7. The topological polar surface area (TPSA) is 93.0 Å². The highest BCUT2D eigenvalue weighted by Crippen LogP contribution is 2.22. The van der Waals surface area contributed by atoms with Gasteiger partial charge in [0.1, 0.15) is 17.8 Å². The smallest absolute Gasteiger partial charge is 0.326 e. The van der Waals surface area contributed by atoms with Gasteiger partial charge in [0.25, 0.3) is 0 Å². The normalized spacial score (nSPS) is 9.83. The van der Waals surface area contributed by atoms with E-state index >= 15 is 0 Å². The lowest BCUT2D eigenvalue weighted by Crippen LogP contribution is -2.00. The van der Waals surface area contributed by atoms with Crippen LogP contribution in [0.3, 0.4) is 0 Å². The van der Waals surface area contributed by atoms with Gasteiger partial charge in [0.05, 0.1) is 18.7 Å². The highest BCUT2D eigenvalue weighted by molar-refractivity contribution is 5.54. The van der Waals surface area contributed by atoms with Crippen molar-refractivity contribution >= 4 is 11.6 Å². The minimum atomic E-state index is 0.173. The first-order valence-electron chi connectivity index (χ1n) is 7.05. The van der Waals surface area contributed by atoms with E-state index in [-0.39, 0.29) is 6.01 Å². The molecule has 0 radical (unpaired) electrons. The molecule has 118 valence electrons. The van der Waals surface area contributed by atoms with Gasteiger partial charge in [-0.25, -0.2) is 4.98 Å². The summed E-state index contributed by atoms with van der Waals surface area (Å²) in [6.45, 7) is 0. The van der Waals surface area contributed by atoms with Crippen molar-refractivity contribution in [3.8, 4) is 23.6 Å². The molecule has 0 amide bonds. The molecule has 0 fully saturated rings. The molecular formula is C17H13N5O2. The third kappa shape index (κ3) is 3.75. The molecule has 0 unspecified atom stereocenters. The maximum absolute atomic E-state index is 8.80. The molecule has 7 nitrogen and oxygen atoms in total. The molecule has 3 rings (SSSR count). The van der Waals surface area contributed by atoms with Crippen molar-refractivity contribution in [1.29, 1.82) is 5.26 Å². The Bertz CT molecular complexity index is 857. The molecule has 0 aliphatic rings. The van der Waals surface area contributed by atoms with Gasteiger partial charge >= 0.3 is 6.01 Å². The molecule has 0 bridgehead atoms. The number of anilines is 2. The molecule has 0 saturated carbocycles. The van der Waals surface area contributed by atoms with Crippen molar-refractivity contribution in [3.05, 3.63) is 60.4 Å². The largest absolute Gasteiger partial charge is 0.497 e. The number of benzene rings is 2. The second-order valence-electron chi connectivity index (χ2n) is 4.68. The number of nitrogens with zero attached hydrogens (tertiary/aromatic N) is 4. The number of ether oxygens (including phenoxy) is 2. The van der Waals surface area contributed by atoms with Crippen molar-refractivity contribution in [3.63, 3.8) is 0 Å². The van der Waals surface area contributed by atoms with Crippen LogP contribution in [0.2, 0.25) is 0 Å².